The molecule has 1 aromatic heterocycles. The summed E-state index contributed by atoms with van der Waals surface area (Å²) >= 11 is 0. The molecule has 1 aliphatic heterocycles. The number of piperidine rings is 1. The summed E-state index contributed by atoms with van der Waals surface area (Å²) < 4.78 is 14.0. The van der Waals surface area contributed by atoms with Gasteiger partial charge in [-0.1, -0.05) is 6.07 Å². The molecule has 1 aliphatic rings. The zero-order valence-electron chi connectivity index (χ0n) is 14.3. The van der Waals surface area contributed by atoms with Gasteiger partial charge in [-0.2, -0.15) is 0 Å². The van der Waals surface area contributed by atoms with E-state index in [2.05, 4.69) is 16.4 Å². The van der Waals surface area contributed by atoms with Gasteiger partial charge in [0.1, 0.15) is 11.6 Å². The maximum Gasteiger partial charge on any atom is 0.123 e. The van der Waals surface area contributed by atoms with Crippen LogP contribution in [0.1, 0.15) is 35.2 Å². The number of nitrogens with zero attached hydrogens (tertiary/aromatic N) is 1. The van der Waals surface area contributed by atoms with Crippen molar-refractivity contribution >= 4 is 5.82 Å². The molecule has 3 nitrogen and oxygen atoms in total. The number of halogens is 1. The van der Waals surface area contributed by atoms with Crippen LogP contribution in [-0.4, -0.2) is 18.1 Å². The van der Waals surface area contributed by atoms with Crippen LogP contribution in [0.15, 0.2) is 30.3 Å². The minimum absolute atomic E-state index is 0.131. The van der Waals surface area contributed by atoms with E-state index in [1.165, 1.54) is 12.8 Å². The van der Waals surface area contributed by atoms with Gasteiger partial charge in [-0.25, -0.2) is 9.37 Å². The second kappa shape index (κ2) is 7.75. The molecule has 4 heteroatoms. The number of anilines is 1. The van der Waals surface area contributed by atoms with E-state index in [1.54, 1.807) is 12.1 Å². The quantitative estimate of drug-likeness (QED) is 0.884. The Kier molecular flexibility index (Phi) is 5.46. The lowest BCUT2D eigenvalue weighted by molar-refractivity contribution is 0.372. The Labute approximate surface area is 143 Å². The lowest BCUT2D eigenvalue weighted by Crippen LogP contribution is -2.28. The number of nitrogen functional groups attached to an aromatic ring is 1. The van der Waals surface area contributed by atoms with E-state index in [1.807, 2.05) is 19.1 Å². The predicted molar refractivity (Wildman–Crippen MR) is 96.5 cm³/mol. The van der Waals surface area contributed by atoms with Crippen LogP contribution in [-0.2, 0) is 19.3 Å². The van der Waals surface area contributed by atoms with Crippen molar-refractivity contribution in [3.05, 3.63) is 58.5 Å². The van der Waals surface area contributed by atoms with Gasteiger partial charge >= 0.3 is 0 Å². The molecule has 0 radical (unpaired) electrons. The molecule has 0 bridgehead atoms. The first-order valence-corrected chi connectivity index (χ1v) is 8.80. The van der Waals surface area contributed by atoms with Crippen molar-refractivity contribution in [3.8, 4) is 0 Å². The van der Waals surface area contributed by atoms with Gasteiger partial charge < -0.3 is 11.1 Å². The predicted octanol–water partition coefficient (Wildman–Crippen LogP) is 3.44. The smallest absolute Gasteiger partial charge is 0.123 e. The topological polar surface area (TPSA) is 50.9 Å². The fourth-order valence-corrected chi connectivity index (χ4v) is 3.57. The van der Waals surface area contributed by atoms with Crippen LogP contribution in [0, 0.1) is 18.7 Å². The lowest BCUT2D eigenvalue weighted by atomic mass is 9.90. The van der Waals surface area contributed by atoms with Gasteiger partial charge in [0.25, 0.3) is 0 Å². The first-order chi connectivity index (χ1) is 11.6. The molecular formula is C20H26FN3. The van der Waals surface area contributed by atoms with Crippen LogP contribution in [0.5, 0.6) is 0 Å². The molecular weight excluding hydrogens is 301 g/mol. The van der Waals surface area contributed by atoms with Crippen LogP contribution in [0.25, 0.3) is 0 Å². The third-order valence-electron chi connectivity index (χ3n) is 4.71. The number of nitrogens with two attached hydrogens (primary N) is 1. The van der Waals surface area contributed by atoms with Gasteiger partial charge in [0, 0.05) is 5.69 Å². The first kappa shape index (κ1) is 16.9. The van der Waals surface area contributed by atoms with E-state index in [9.17, 15) is 4.39 Å². The number of hydrogen-bond acceptors (Lipinski definition) is 3. The lowest BCUT2D eigenvalue weighted by Gasteiger charge is -2.22. The summed E-state index contributed by atoms with van der Waals surface area (Å²) in [6.07, 6.45) is 4.90. The maximum atomic E-state index is 14.0. The van der Waals surface area contributed by atoms with Crippen LogP contribution in [0.3, 0.4) is 0 Å². The first-order valence-electron chi connectivity index (χ1n) is 8.80. The van der Waals surface area contributed by atoms with Gasteiger partial charge in [0.15, 0.2) is 0 Å². The largest absolute Gasteiger partial charge is 0.384 e. The molecule has 0 atom stereocenters. The number of pyridine rings is 1. The number of nitrogens with one attached hydrogen (secondary N) is 1. The van der Waals surface area contributed by atoms with E-state index in [-0.39, 0.29) is 5.82 Å². The molecule has 1 saturated heterocycles. The Bertz CT molecular complexity index is 673. The van der Waals surface area contributed by atoms with Crippen molar-refractivity contribution in [1.82, 2.24) is 10.3 Å². The van der Waals surface area contributed by atoms with E-state index >= 15 is 0 Å². The third-order valence-corrected chi connectivity index (χ3v) is 4.71. The Morgan fingerprint density at radius 3 is 2.58 bits per heavy atom. The molecule has 128 valence electrons. The third kappa shape index (κ3) is 4.78. The van der Waals surface area contributed by atoms with E-state index < -0.39 is 0 Å². The molecule has 2 aromatic rings. The van der Waals surface area contributed by atoms with Crippen molar-refractivity contribution in [3.63, 3.8) is 0 Å². The molecule has 1 aromatic carbocycles. The van der Waals surface area contributed by atoms with Gasteiger partial charge in [-0.05, 0) is 99.0 Å². The normalized spacial score (nSPS) is 15.6. The second-order valence-electron chi connectivity index (χ2n) is 6.93. The SMILES string of the molecule is Cc1cc(N)nc(CCc2cc(F)cc(CC3CCNCC3)c2)c1. The highest BCUT2D eigenvalue weighted by atomic mass is 19.1. The van der Waals surface area contributed by atoms with Gasteiger partial charge in [0.05, 0.1) is 0 Å². The standard InChI is InChI=1S/C20H26FN3/c1-14-8-19(24-20(22)9-14)3-2-16-11-17(13-18(21)12-16)10-15-4-6-23-7-5-15/h8-9,11-13,15,23H,2-7,10H2,1H3,(H2,22,24). The summed E-state index contributed by atoms with van der Waals surface area (Å²) in [5.74, 6) is 1.09. The molecule has 0 amide bonds. The molecule has 2 heterocycles. The summed E-state index contributed by atoms with van der Waals surface area (Å²) in [6.45, 7) is 4.17. The van der Waals surface area contributed by atoms with Crippen molar-refractivity contribution < 1.29 is 4.39 Å². The van der Waals surface area contributed by atoms with Gasteiger partial charge in [-0.15, -0.1) is 0 Å². The molecule has 0 spiro atoms. The average Bonchev–Trinajstić information content (AvgIpc) is 2.52. The fourth-order valence-electron chi connectivity index (χ4n) is 3.57. The summed E-state index contributed by atoms with van der Waals surface area (Å²) in [6, 6.07) is 9.40. The molecule has 3 N–H and O–H groups in total. The summed E-state index contributed by atoms with van der Waals surface area (Å²) in [5, 5.41) is 3.38. The number of rotatable bonds is 5. The van der Waals surface area contributed by atoms with Crippen molar-refractivity contribution in [1.29, 1.82) is 0 Å². The summed E-state index contributed by atoms with van der Waals surface area (Å²) in [4.78, 5) is 4.36. The molecule has 3 rings (SSSR count). The minimum Gasteiger partial charge on any atom is -0.384 e. The second-order valence-corrected chi connectivity index (χ2v) is 6.93. The van der Waals surface area contributed by atoms with Crippen molar-refractivity contribution in [2.75, 3.05) is 18.8 Å². The van der Waals surface area contributed by atoms with Gasteiger partial charge in [0.2, 0.25) is 0 Å². The zero-order chi connectivity index (χ0) is 16.9. The van der Waals surface area contributed by atoms with E-state index in [0.717, 1.165) is 54.7 Å². The fraction of sp³-hybridized carbons (Fsp3) is 0.450. The molecule has 0 aliphatic carbocycles. The highest BCUT2D eigenvalue weighted by Gasteiger charge is 2.14. The monoisotopic (exact) mass is 327 g/mol. The molecule has 0 unspecified atom stereocenters. The van der Waals surface area contributed by atoms with E-state index in [0.29, 0.717) is 11.7 Å². The molecule has 0 saturated carbocycles. The zero-order valence-corrected chi connectivity index (χ0v) is 14.3. The van der Waals surface area contributed by atoms with Crippen LogP contribution < -0.4 is 11.1 Å². The Balaban J connectivity index is 1.66. The number of aryl methyl sites for hydroxylation is 3. The number of aromatic nitrogens is 1. The maximum absolute atomic E-state index is 14.0. The highest BCUT2D eigenvalue weighted by molar-refractivity contribution is 5.34. The van der Waals surface area contributed by atoms with Crippen LogP contribution in [0.4, 0.5) is 10.2 Å². The van der Waals surface area contributed by atoms with Crippen molar-refractivity contribution in [2.24, 2.45) is 5.92 Å². The Hall–Kier alpha value is -1.94. The Morgan fingerprint density at radius 1 is 1.08 bits per heavy atom. The Morgan fingerprint density at radius 2 is 1.83 bits per heavy atom. The molecule has 1 fully saturated rings. The highest BCUT2D eigenvalue weighted by Crippen LogP contribution is 2.20. The van der Waals surface area contributed by atoms with E-state index in [4.69, 9.17) is 5.73 Å². The minimum atomic E-state index is -0.131. The summed E-state index contributed by atoms with van der Waals surface area (Å²) in [7, 11) is 0. The van der Waals surface area contributed by atoms with Crippen molar-refractivity contribution in [2.45, 2.75) is 39.0 Å². The van der Waals surface area contributed by atoms with Gasteiger partial charge in [-0.3, -0.25) is 0 Å². The number of benzene rings is 1. The summed E-state index contributed by atoms with van der Waals surface area (Å²) in [5.41, 5.74) is 10.0. The molecule has 24 heavy (non-hydrogen) atoms. The van der Waals surface area contributed by atoms with Crippen LogP contribution in [0.2, 0.25) is 0 Å². The number of hydrogen-bond donors (Lipinski definition) is 2. The van der Waals surface area contributed by atoms with Crippen LogP contribution >= 0.6 is 0 Å². The average molecular weight is 327 g/mol.